The van der Waals surface area contributed by atoms with Crippen LogP contribution in [0.1, 0.15) is 11.5 Å². The Hall–Kier alpha value is -1.37. The molecule has 0 aliphatic heterocycles. The molecule has 1 rings (SSSR count). The van der Waals surface area contributed by atoms with Crippen LogP contribution in [0.25, 0.3) is 0 Å². The molecule has 84 valence electrons. The molecule has 0 atom stereocenters. The van der Waals surface area contributed by atoms with Gasteiger partial charge in [-0.3, -0.25) is 0 Å². The maximum atomic E-state index is 12.0. The average Bonchev–Trinajstić information content (AvgIpc) is 2.14. The molecule has 1 aromatic heterocycles. The zero-order valence-corrected chi connectivity index (χ0v) is 7.88. The highest BCUT2D eigenvalue weighted by atomic mass is 19.4. The van der Waals surface area contributed by atoms with Crippen LogP contribution >= 0.6 is 0 Å². The molecule has 0 saturated heterocycles. The van der Waals surface area contributed by atoms with Crippen LogP contribution in [0.2, 0.25) is 0 Å². The number of hydrogen-bond donors (Lipinski definition) is 1. The van der Waals surface area contributed by atoms with Gasteiger partial charge < -0.3 is 9.84 Å². The lowest BCUT2D eigenvalue weighted by Gasteiger charge is -2.07. The number of aliphatic hydroxyl groups is 1. The van der Waals surface area contributed by atoms with Gasteiger partial charge in [0.2, 0.25) is 5.88 Å². The van der Waals surface area contributed by atoms with E-state index in [4.69, 9.17) is 5.11 Å². The lowest BCUT2D eigenvalue weighted by molar-refractivity contribution is -0.128. The molecule has 4 nitrogen and oxygen atoms in total. The smallest absolute Gasteiger partial charge is 0.396 e. The van der Waals surface area contributed by atoms with Crippen LogP contribution in [0.15, 0.2) is 6.07 Å². The van der Waals surface area contributed by atoms with Crippen molar-refractivity contribution >= 4 is 0 Å². The summed E-state index contributed by atoms with van der Waals surface area (Å²) in [5.74, 6) is -0.404. The summed E-state index contributed by atoms with van der Waals surface area (Å²) < 4.78 is 40.8. The molecule has 1 aromatic rings. The molecule has 0 unspecified atom stereocenters. The maximum absolute atomic E-state index is 12.0. The number of ether oxygens (including phenoxy) is 1. The summed E-state index contributed by atoms with van der Waals surface area (Å²) in [6, 6.07) is 1.28. The molecule has 0 radical (unpaired) electrons. The van der Waals surface area contributed by atoms with E-state index in [1.165, 1.54) is 13.2 Å². The Balaban J connectivity index is 2.97. The van der Waals surface area contributed by atoms with Gasteiger partial charge in [0.1, 0.15) is 12.2 Å². The van der Waals surface area contributed by atoms with Crippen molar-refractivity contribution in [2.75, 3.05) is 7.11 Å². The van der Waals surface area contributed by atoms with Gasteiger partial charge in [-0.2, -0.15) is 18.2 Å². The number of alkyl halides is 3. The minimum absolute atomic E-state index is 0.00769. The molecule has 0 aliphatic rings. The van der Waals surface area contributed by atoms with Crippen molar-refractivity contribution in [1.82, 2.24) is 9.97 Å². The van der Waals surface area contributed by atoms with E-state index >= 15 is 0 Å². The second-order valence-corrected chi connectivity index (χ2v) is 2.77. The van der Waals surface area contributed by atoms with Crippen molar-refractivity contribution in [2.45, 2.75) is 19.2 Å². The Kier molecular flexibility index (Phi) is 3.46. The first-order chi connectivity index (χ1) is 6.94. The van der Waals surface area contributed by atoms with E-state index in [-0.39, 0.29) is 11.6 Å². The van der Waals surface area contributed by atoms with Gasteiger partial charge in [0, 0.05) is 6.07 Å². The molecule has 7 heteroatoms. The number of nitrogens with zero attached hydrogens (tertiary/aromatic N) is 2. The Morgan fingerprint density at radius 1 is 1.40 bits per heavy atom. The lowest BCUT2D eigenvalue weighted by atomic mass is 10.3. The summed E-state index contributed by atoms with van der Waals surface area (Å²) in [7, 11) is 1.28. The Bertz CT molecular complexity index is 319. The van der Waals surface area contributed by atoms with Crippen LogP contribution in [-0.2, 0) is 13.0 Å². The quantitative estimate of drug-likeness (QED) is 0.831. The van der Waals surface area contributed by atoms with E-state index in [1.807, 2.05) is 0 Å². The monoisotopic (exact) mass is 222 g/mol. The number of aliphatic hydroxyl groups excluding tert-OH is 1. The first kappa shape index (κ1) is 11.7. The number of methoxy groups -OCH3 is 1. The zero-order chi connectivity index (χ0) is 11.5. The van der Waals surface area contributed by atoms with Gasteiger partial charge in [0.25, 0.3) is 0 Å². The second kappa shape index (κ2) is 4.43. The Morgan fingerprint density at radius 3 is 2.53 bits per heavy atom. The highest BCUT2D eigenvalue weighted by Gasteiger charge is 2.29. The molecule has 1 heterocycles. The molecule has 0 saturated carbocycles. The number of hydrogen-bond acceptors (Lipinski definition) is 4. The minimum Gasteiger partial charge on any atom is -0.481 e. The van der Waals surface area contributed by atoms with Crippen LogP contribution in [0.3, 0.4) is 0 Å². The summed E-state index contributed by atoms with van der Waals surface area (Å²) >= 11 is 0. The maximum Gasteiger partial charge on any atom is 0.396 e. The van der Waals surface area contributed by atoms with Crippen molar-refractivity contribution in [3.63, 3.8) is 0 Å². The van der Waals surface area contributed by atoms with E-state index < -0.39 is 25.0 Å². The number of halogens is 3. The molecule has 0 spiro atoms. The minimum atomic E-state index is -4.38. The first-order valence-corrected chi connectivity index (χ1v) is 4.03. The van der Waals surface area contributed by atoms with E-state index in [2.05, 4.69) is 14.7 Å². The topological polar surface area (TPSA) is 55.2 Å². The van der Waals surface area contributed by atoms with Gasteiger partial charge >= 0.3 is 6.18 Å². The molecular formula is C8H9F3N2O2. The number of aromatic nitrogens is 2. The van der Waals surface area contributed by atoms with E-state index in [0.29, 0.717) is 0 Å². The third-order valence-corrected chi connectivity index (χ3v) is 1.53. The molecule has 15 heavy (non-hydrogen) atoms. The van der Waals surface area contributed by atoms with Crippen molar-refractivity contribution in [1.29, 1.82) is 0 Å². The fourth-order valence-corrected chi connectivity index (χ4v) is 0.969. The van der Waals surface area contributed by atoms with Crippen LogP contribution in [-0.4, -0.2) is 28.4 Å². The predicted molar refractivity (Wildman–Crippen MR) is 44.3 cm³/mol. The second-order valence-electron chi connectivity index (χ2n) is 2.77. The lowest BCUT2D eigenvalue weighted by Crippen LogP contribution is -2.15. The Morgan fingerprint density at radius 2 is 2.07 bits per heavy atom. The summed E-state index contributed by atoms with van der Waals surface area (Å²) in [5, 5.41) is 8.75. The van der Waals surface area contributed by atoms with E-state index in [0.717, 1.165) is 0 Å². The molecular weight excluding hydrogens is 213 g/mol. The van der Waals surface area contributed by atoms with Crippen molar-refractivity contribution in [3.8, 4) is 5.88 Å². The largest absolute Gasteiger partial charge is 0.481 e. The van der Waals surface area contributed by atoms with E-state index in [1.54, 1.807) is 0 Å². The highest BCUT2D eigenvalue weighted by Crippen LogP contribution is 2.20. The van der Waals surface area contributed by atoms with Crippen molar-refractivity contribution in [2.24, 2.45) is 0 Å². The van der Waals surface area contributed by atoms with Gasteiger partial charge in [-0.25, -0.2) is 4.98 Å². The summed E-state index contributed by atoms with van der Waals surface area (Å²) in [6.45, 7) is -0.455. The van der Waals surface area contributed by atoms with Gasteiger partial charge in [0.15, 0.2) is 0 Å². The van der Waals surface area contributed by atoms with Crippen molar-refractivity contribution in [3.05, 3.63) is 17.6 Å². The van der Waals surface area contributed by atoms with Crippen LogP contribution in [0, 0.1) is 0 Å². The first-order valence-electron chi connectivity index (χ1n) is 4.03. The summed E-state index contributed by atoms with van der Waals surface area (Å²) in [4.78, 5) is 7.04. The standard InChI is InChI=1S/C8H9F3N2O2/c1-15-7-2-5(4-14)12-6(13-7)3-8(9,10)11/h2,14H,3-4H2,1H3. The third-order valence-electron chi connectivity index (χ3n) is 1.53. The molecule has 0 aromatic carbocycles. The van der Waals surface area contributed by atoms with Gasteiger partial charge in [0.05, 0.1) is 19.4 Å². The van der Waals surface area contributed by atoms with Crippen LogP contribution < -0.4 is 4.74 Å². The normalized spacial score (nSPS) is 11.5. The Labute approximate surface area is 83.7 Å². The van der Waals surface area contributed by atoms with E-state index in [9.17, 15) is 13.2 Å². The fraction of sp³-hybridized carbons (Fsp3) is 0.500. The summed E-state index contributed by atoms with van der Waals surface area (Å²) in [6.07, 6.45) is -5.61. The third kappa shape index (κ3) is 3.70. The van der Waals surface area contributed by atoms with Gasteiger partial charge in [-0.05, 0) is 0 Å². The van der Waals surface area contributed by atoms with Crippen LogP contribution in [0.4, 0.5) is 13.2 Å². The molecule has 1 N–H and O–H groups in total. The SMILES string of the molecule is COc1cc(CO)nc(CC(F)(F)F)n1. The van der Waals surface area contributed by atoms with Crippen molar-refractivity contribution < 1.29 is 23.0 Å². The molecule has 0 bridgehead atoms. The molecule has 0 fully saturated rings. The molecule has 0 aliphatic carbocycles. The van der Waals surface area contributed by atoms with Gasteiger partial charge in [-0.15, -0.1) is 0 Å². The average molecular weight is 222 g/mol. The van der Waals surface area contributed by atoms with Crippen LogP contribution in [0.5, 0.6) is 5.88 Å². The highest BCUT2D eigenvalue weighted by molar-refractivity contribution is 5.16. The number of rotatable bonds is 3. The predicted octanol–water partition coefficient (Wildman–Crippen LogP) is 1.08. The fourth-order valence-electron chi connectivity index (χ4n) is 0.969. The summed E-state index contributed by atoms with van der Waals surface area (Å²) in [5.41, 5.74) is 0.0982. The zero-order valence-electron chi connectivity index (χ0n) is 7.88. The van der Waals surface area contributed by atoms with Gasteiger partial charge in [-0.1, -0.05) is 0 Å². The molecule has 0 amide bonds.